The standard InChI is InChI=1S/C15H24O3/c1-5-17-15(18-6-2)11-16-10-14-8-7-12(3)9-13(14)4/h7-9,15H,5-6,10-11H2,1-4H3. The maximum atomic E-state index is 5.66. The van der Waals surface area contributed by atoms with Crippen LogP contribution in [0.25, 0.3) is 0 Å². The van der Waals surface area contributed by atoms with E-state index in [2.05, 4.69) is 32.0 Å². The average molecular weight is 252 g/mol. The fourth-order valence-corrected chi connectivity index (χ4v) is 1.79. The van der Waals surface area contributed by atoms with Gasteiger partial charge >= 0.3 is 0 Å². The molecule has 0 aromatic heterocycles. The quantitative estimate of drug-likeness (QED) is 0.665. The zero-order chi connectivity index (χ0) is 13.4. The van der Waals surface area contributed by atoms with E-state index in [0.717, 1.165) is 0 Å². The number of aryl methyl sites for hydroxylation is 2. The Morgan fingerprint density at radius 3 is 2.28 bits per heavy atom. The summed E-state index contributed by atoms with van der Waals surface area (Å²) in [5.74, 6) is 0. The van der Waals surface area contributed by atoms with E-state index in [1.54, 1.807) is 0 Å². The van der Waals surface area contributed by atoms with Gasteiger partial charge in [0, 0.05) is 13.2 Å². The van der Waals surface area contributed by atoms with Gasteiger partial charge in [0.1, 0.15) is 0 Å². The molecule has 3 heteroatoms. The lowest BCUT2D eigenvalue weighted by atomic mass is 10.1. The van der Waals surface area contributed by atoms with Gasteiger partial charge in [0.2, 0.25) is 0 Å². The Morgan fingerprint density at radius 1 is 1.06 bits per heavy atom. The highest BCUT2D eigenvalue weighted by Gasteiger charge is 2.08. The molecule has 0 amide bonds. The molecule has 0 saturated carbocycles. The molecule has 0 spiro atoms. The average Bonchev–Trinajstić information content (AvgIpc) is 2.32. The summed E-state index contributed by atoms with van der Waals surface area (Å²) in [6.07, 6.45) is -0.259. The van der Waals surface area contributed by atoms with Gasteiger partial charge in [0.05, 0.1) is 13.2 Å². The normalized spacial score (nSPS) is 11.2. The number of hydrogen-bond acceptors (Lipinski definition) is 3. The van der Waals surface area contributed by atoms with Crippen molar-refractivity contribution in [3.63, 3.8) is 0 Å². The van der Waals surface area contributed by atoms with E-state index in [9.17, 15) is 0 Å². The van der Waals surface area contributed by atoms with Crippen LogP contribution in [0.5, 0.6) is 0 Å². The van der Waals surface area contributed by atoms with E-state index in [0.29, 0.717) is 26.4 Å². The molecule has 1 rings (SSSR count). The Balaban J connectivity index is 2.39. The lowest BCUT2D eigenvalue weighted by Gasteiger charge is -2.17. The summed E-state index contributed by atoms with van der Waals surface area (Å²) in [6, 6.07) is 6.39. The molecule has 0 unspecified atom stereocenters. The first-order valence-electron chi connectivity index (χ1n) is 6.54. The summed E-state index contributed by atoms with van der Waals surface area (Å²) < 4.78 is 16.5. The zero-order valence-corrected chi connectivity index (χ0v) is 11.9. The highest BCUT2D eigenvalue weighted by Crippen LogP contribution is 2.12. The van der Waals surface area contributed by atoms with Gasteiger partial charge in [0.25, 0.3) is 0 Å². The predicted octanol–water partition coefficient (Wildman–Crippen LogP) is 3.22. The molecule has 18 heavy (non-hydrogen) atoms. The van der Waals surface area contributed by atoms with Crippen molar-refractivity contribution >= 4 is 0 Å². The molecule has 102 valence electrons. The fraction of sp³-hybridized carbons (Fsp3) is 0.600. The molecule has 0 aliphatic rings. The van der Waals surface area contributed by atoms with Gasteiger partial charge in [-0.15, -0.1) is 0 Å². The van der Waals surface area contributed by atoms with Crippen LogP contribution in [0.2, 0.25) is 0 Å². The van der Waals surface area contributed by atoms with Crippen LogP contribution >= 0.6 is 0 Å². The molecule has 0 aliphatic heterocycles. The van der Waals surface area contributed by atoms with E-state index in [1.807, 2.05) is 13.8 Å². The van der Waals surface area contributed by atoms with E-state index >= 15 is 0 Å². The van der Waals surface area contributed by atoms with Gasteiger partial charge in [-0.25, -0.2) is 0 Å². The maximum Gasteiger partial charge on any atom is 0.180 e. The van der Waals surface area contributed by atoms with Crippen molar-refractivity contribution in [3.8, 4) is 0 Å². The molecular weight excluding hydrogens is 228 g/mol. The van der Waals surface area contributed by atoms with Gasteiger partial charge in [-0.2, -0.15) is 0 Å². The van der Waals surface area contributed by atoms with E-state index in [1.165, 1.54) is 16.7 Å². The highest BCUT2D eigenvalue weighted by atomic mass is 16.7. The number of hydrogen-bond donors (Lipinski definition) is 0. The van der Waals surface area contributed by atoms with Crippen LogP contribution in [-0.4, -0.2) is 26.1 Å². The van der Waals surface area contributed by atoms with Crippen molar-refractivity contribution in [1.82, 2.24) is 0 Å². The smallest absolute Gasteiger partial charge is 0.180 e. The van der Waals surface area contributed by atoms with Gasteiger partial charge < -0.3 is 14.2 Å². The predicted molar refractivity (Wildman–Crippen MR) is 72.6 cm³/mol. The Bertz CT molecular complexity index is 344. The van der Waals surface area contributed by atoms with Crippen LogP contribution in [0.1, 0.15) is 30.5 Å². The van der Waals surface area contributed by atoms with Crippen molar-refractivity contribution in [2.45, 2.75) is 40.6 Å². The lowest BCUT2D eigenvalue weighted by molar-refractivity contribution is -0.169. The second-order valence-corrected chi connectivity index (χ2v) is 4.29. The third-order valence-electron chi connectivity index (χ3n) is 2.71. The summed E-state index contributed by atoms with van der Waals surface area (Å²) >= 11 is 0. The largest absolute Gasteiger partial charge is 0.371 e. The molecule has 0 saturated heterocycles. The number of rotatable bonds is 8. The molecule has 1 aromatic rings. The summed E-state index contributed by atoms with van der Waals surface area (Å²) in [5.41, 5.74) is 3.75. The van der Waals surface area contributed by atoms with Gasteiger partial charge in [0.15, 0.2) is 6.29 Å². The molecular formula is C15H24O3. The first-order chi connectivity index (χ1) is 8.67. The van der Waals surface area contributed by atoms with E-state index in [4.69, 9.17) is 14.2 Å². The third kappa shape index (κ3) is 5.17. The minimum Gasteiger partial charge on any atom is -0.371 e. The lowest BCUT2D eigenvalue weighted by Crippen LogP contribution is -2.23. The Labute approximate surface area is 110 Å². The van der Waals surface area contributed by atoms with Crippen molar-refractivity contribution in [3.05, 3.63) is 34.9 Å². The minimum absolute atomic E-state index is 0.259. The summed E-state index contributed by atoms with van der Waals surface area (Å²) in [5, 5.41) is 0. The maximum absolute atomic E-state index is 5.66. The van der Waals surface area contributed by atoms with Crippen molar-refractivity contribution < 1.29 is 14.2 Å². The SMILES string of the molecule is CCOC(COCc1ccc(C)cc1C)OCC. The topological polar surface area (TPSA) is 27.7 Å². The second kappa shape index (κ2) is 8.25. The summed E-state index contributed by atoms with van der Waals surface area (Å²) in [6.45, 7) is 10.4. The zero-order valence-electron chi connectivity index (χ0n) is 11.9. The van der Waals surface area contributed by atoms with Crippen LogP contribution in [0.4, 0.5) is 0 Å². The van der Waals surface area contributed by atoms with Crippen LogP contribution in [-0.2, 0) is 20.8 Å². The van der Waals surface area contributed by atoms with Crippen LogP contribution in [0.15, 0.2) is 18.2 Å². The number of ether oxygens (including phenoxy) is 3. The van der Waals surface area contributed by atoms with Crippen LogP contribution in [0.3, 0.4) is 0 Å². The first kappa shape index (κ1) is 15.2. The summed E-state index contributed by atoms with van der Waals surface area (Å²) in [4.78, 5) is 0. The second-order valence-electron chi connectivity index (χ2n) is 4.29. The molecule has 0 aliphatic carbocycles. The summed E-state index contributed by atoms with van der Waals surface area (Å²) in [7, 11) is 0. The third-order valence-corrected chi connectivity index (χ3v) is 2.71. The molecule has 0 fully saturated rings. The van der Waals surface area contributed by atoms with Gasteiger partial charge in [-0.3, -0.25) is 0 Å². The Morgan fingerprint density at radius 2 is 1.72 bits per heavy atom. The van der Waals surface area contributed by atoms with E-state index < -0.39 is 0 Å². The molecule has 0 heterocycles. The first-order valence-corrected chi connectivity index (χ1v) is 6.54. The van der Waals surface area contributed by atoms with Gasteiger partial charge in [-0.1, -0.05) is 23.8 Å². The van der Waals surface area contributed by atoms with Crippen molar-refractivity contribution in [2.24, 2.45) is 0 Å². The number of benzene rings is 1. The fourth-order valence-electron chi connectivity index (χ4n) is 1.79. The van der Waals surface area contributed by atoms with Crippen LogP contribution in [0, 0.1) is 13.8 Å². The molecule has 0 radical (unpaired) electrons. The Kier molecular flexibility index (Phi) is 6.94. The highest BCUT2D eigenvalue weighted by molar-refractivity contribution is 5.29. The van der Waals surface area contributed by atoms with Crippen molar-refractivity contribution in [2.75, 3.05) is 19.8 Å². The van der Waals surface area contributed by atoms with Gasteiger partial charge in [-0.05, 0) is 38.8 Å². The van der Waals surface area contributed by atoms with Crippen molar-refractivity contribution in [1.29, 1.82) is 0 Å². The molecule has 1 aromatic carbocycles. The van der Waals surface area contributed by atoms with Crippen LogP contribution < -0.4 is 0 Å². The monoisotopic (exact) mass is 252 g/mol. The molecule has 0 atom stereocenters. The minimum atomic E-state index is -0.259. The van der Waals surface area contributed by atoms with E-state index in [-0.39, 0.29) is 6.29 Å². The molecule has 0 bridgehead atoms. The molecule has 3 nitrogen and oxygen atoms in total. The Hall–Kier alpha value is -0.900. The molecule has 0 N–H and O–H groups in total.